The summed E-state index contributed by atoms with van der Waals surface area (Å²) in [6, 6.07) is 5.11. The SMILES string of the molecule is Cn1c(=O)n(C2CCC(=O)NC2=O)c2ccc(CCCOCCCOCCCN(C(=O)O)C(C)(C)C)cc21. The van der Waals surface area contributed by atoms with Gasteiger partial charge in [-0.25, -0.2) is 9.59 Å². The number of piperidine rings is 1. The Labute approximate surface area is 222 Å². The number of nitrogens with one attached hydrogen (secondary N) is 1. The number of aryl methyl sites for hydroxylation is 2. The van der Waals surface area contributed by atoms with Crippen LogP contribution in [0.3, 0.4) is 0 Å². The number of rotatable bonds is 13. The van der Waals surface area contributed by atoms with E-state index >= 15 is 0 Å². The van der Waals surface area contributed by atoms with Gasteiger partial charge in [-0.1, -0.05) is 6.07 Å². The summed E-state index contributed by atoms with van der Waals surface area (Å²) in [5.41, 5.74) is 1.81. The van der Waals surface area contributed by atoms with E-state index in [0.717, 1.165) is 30.3 Å². The molecule has 1 aromatic carbocycles. The number of hydrogen-bond acceptors (Lipinski definition) is 6. The molecule has 1 saturated heterocycles. The van der Waals surface area contributed by atoms with E-state index in [1.165, 1.54) is 9.47 Å². The van der Waals surface area contributed by atoms with Gasteiger partial charge in [0.2, 0.25) is 11.8 Å². The van der Waals surface area contributed by atoms with E-state index in [4.69, 9.17) is 9.47 Å². The van der Waals surface area contributed by atoms with Gasteiger partial charge in [0.25, 0.3) is 0 Å². The molecule has 0 aliphatic carbocycles. The zero-order valence-electron chi connectivity index (χ0n) is 22.8. The lowest BCUT2D eigenvalue weighted by atomic mass is 10.1. The Hall–Kier alpha value is -3.18. The van der Waals surface area contributed by atoms with Crippen molar-refractivity contribution in [2.75, 3.05) is 33.0 Å². The number of amides is 3. The number of hydrogen-bond donors (Lipinski definition) is 2. The highest BCUT2D eigenvalue weighted by Gasteiger charge is 2.31. The number of nitrogens with zero attached hydrogens (tertiary/aromatic N) is 3. The summed E-state index contributed by atoms with van der Waals surface area (Å²) in [6.45, 7) is 8.34. The normalized spacial score (nSPS) is 16.2. The van der Waals surface area contributed by atoms with E-state index in [-0.39, 0.29) is 18.0 Å². The molecule has 2 N–H and O–H groups in total. The van der Waals surface area contributed by atoms with Crippen molar-refractivity contribution < 1.29 is 29.0 Å². The molecular weight excluding hydrogens is 492 g/mol. The average molecular weight is 533 g/mol. The third-order valence-electron chi connectivity index (χ3n) is 6.72. The topological polar surface area (TPSA) is 132 Å². The van der Waals surface area contributed by atoms with E-state index in [1.54, 1.807) is 11.6 Å². The standard InChI is InChI=1S/C27H40N4O7/c1-27(2,3)30(26(35)36)13-6-15-38-17-7-16-37-14-5-8-19-9-10-20-22(18-19)29(4)25(34)31(20)21-11-12-23(32)28-24(21)33/h9-10,18,21H,5-8,11-17H2,1-4H3,(H,35,36)(H,28,32,33). The van der Waals surface area contributed by atoms with E-state index in [9.17, 15) is 24.3 Å². The Balaban J connectivity index is 1.36. The van der Waals surface area contributed by atoms with Crippen molar-refractivity contribution >= 4 is 28.9 Å². The van der Waals surface area contributed by atoms with Gasteiger partial charge in [0, 0.05) is 52.0 Å². The fraction of sp³-hybridized carbons (Fsp3) is 0.630. The molecule has 11 nitrogen and oxygen atoms in total. The molecule has 3 amide bonds. The highest BCUT2D eigenvalue weighted by molar-refractivity contribution is 6.00. The van der Waals surface area contributed by atoms with Gasteiger partial charge in [0.15, 0.2) is 0 Å². The van der Waals surface area contributed by atoms with Gasteiger partial charge in [-0.2, -0.15) is 0 Å². The summed E-state index contributed by atoms with van der Waals surface area (Å²) in [5.74, 6) is -0.745. The number of aromatic nitrogens is 2. The van der Waals surface area contributed by atoms with Crippen LogP contribution < -0.4 is 11.0 Å². The van der Waals surface area contributed by atoms with E-state index < -0.39 is 23.6 Å². The second kappa shape index (κ2) is 13.1. The quantitative estimate of drug-likeness (QED) is 0.299. The Morgan fingerprint density at radius 2 is 1.71 bits per heavy atom. The first-order chi connectivity index (χ1) is 18.0. The smallest absolute Gasteiger partial charge is 0.407 e. The molecule has 0 radical (unpaired) electrons. The van der Waals surface area contributed by atoms with Crippen molar-refractivity contribution in [3.63, 3.8) is 0 Å². The molecular formula is C27H40N4O7. The molecule has 0 saturated carbocycles. The number of ether oxygens (including phenoxy) is 2. The van der Waals surface area contributed by atoms with Crippen molar-refractivity contribution in [3.8, 4) is 0 Å². The molecule has 38 heavy (non-hydrogen) atoms. The third-order valence-corrected chi connectivity index (χ3v) is 6.72. The summed E-state index contributed by atoms with van der Waals surface area (Å²) in [4.78, 5) is 49.4. The Bertz CT molecular complexity index is 1190. The monoisotopic (exact) mass is 532 g/mol. The molecule has 1 atom stereocenters. The molecule has 1 aromatic heterocycles. The Morgan fingerprint density at radius 1 is 1.05 bits per heavy atom. The van der Waals surface area contributed by atoms with Crippen LogP contribution in [0.5, 0.6) is 0 Å². The van der Waals surface area contributed by atoms with Crippen LogP contribution in [0.1, 0.15) is 64.5 Å². The van der Waals surface area contributed by atoms with E-state index in [2.05, 4.69) is 5.32 Å². The van der Waals surface area contributed by atoms with Crippen LogP contribution in [0.25, 0.3) is 11.0 Å². The number of carboxylic acid groups (broad SMARTS) is 1. The van der Waals surface area contributed by atoms with Crippen LogP contribution in [0.4, 0.5) is 4.79 Å². The van der Waals surface area contributed by atoms with Crippen LogP contribution in [0.15, 0.2) is 23.0 Å². The van der Waals surface area contributed by atoms with Gasteiger partial charge >= 0.3 is 11.8 Å². The van der Waals surface area contributed by atoms with Crippen molar-refractivity contribution in [1.82, 2.24) is 19.4 Å². The molecule has 0 bridgehead atoms. The van der Waals surface area contributed by atoms with Crippen LogP contribution in [0, 0.1) is 0 Å². The highest BCUT2D eigenvalue weighted by Crippen LogP contribution is 2.24. The molecule has 2 aromatic rings. The van der Waals surface area contributed by atoms with Gasteiger partial charge in [-0.3, -0.25) is 24.0 Å². The minimum absolute atomic E-state index is 0.215. The van der Waals surface area contributed by atoms with E-state index in [0.29, 0.717) is 51.3 Å². The maximum atomic E-state index is 12.9. The van der Waals surface area contributed by atoms with Gasteiger partial charge < -0.3 is 19.5 Å². The Morgan fingerprint density at radius 3 is 2.34 bits per heavy atom. The van der Waals surface area contributed by atoms with Crippen LogP contribution in [-0.2, 0) is 32.5 Å². The molecule has 3 rings (SSSR count). The van der Waals surface area contributed by atoms with Crippen LogP contribution in [-0.4, -0.2) is 75.6 Å². The van der Waals surface area contributed by atoms with Gasteiger partial charge in [-0.05, 0) is 70.6 Å². The molecule has 1 unspecified atom stereocenters. The summed E-state index contributed by atoms with van der Waals surface area (Å²) in [6.07, 6.45) is 2.65. The molecule has 1 aliphatic heterocycles. The lowest BCUT2D eigenvalue weighted by Gasteiger charge is -2.33. The Kier molecular flexibility index (Phi) is 10.1. The zero-order chi connectivity index (χ0) is 27.9. The predicted molar refractivity (Wildman–Crippen MR) is 142 cm³/mol. The molecule has 11 heteroatoms. The summed E-state index contributed by atoms with van der Waals surface area (Å²) < 4.78 is 14.3. The maximum absolute atomic E-state index is 12.9. The minimum atomic E-state index is -0.916. The third kappa shape index (κ3) is 7.44. The van der Waals surface area contributed by atoms with Gasteiger partial charge in [-0.15, -0.1) is 0 Å². The van der Waals surface area contributed by atoms with Crippen LogP contribution in [0.2, 0.25) is 0 Å². The second-order valence-electron chi connectivity index (χ2n) is 10.6. The first kappa shape index (κ1) is 29.4. The van der Waals surface area contributed by atoms with Crippen molar-refractivity contribution in [1.29, 1.82) is 0 Å². The molecule has 1 fully saturated rings. The second-order valence-corrected chi connectivity index (χ2v) is 10.6. The first-order valence-corrected chi connectivity index (χ1v) is 13.2. The number of carbonyl (C=O) groups excluding carboxylic acids is 2. The lowest BCUT2D eigenvalue weighted by molar-refractivity contribution is -0.135. The predicted octanol–water partition coefficient (Wildman–Crippen LogP) is 2.84. The highest BCUT2D eigenvalue weighted by atomic mass is 16.5. The van der Waals surface area contributed by atoms with Crippen molar-refractivity contribution in [2.24, 2.45) is 7.05 Å². The van der Waals surface area contributed by atoms with Gasteiger partial charge in [0.1, 0.15) is 6.04 Å². The fourth-order valence-electron chi connectivity index (χ4n) is 4.68. The van der Waals surface area contributed by atoms with Crippen LogP contribution >= 0.6 is 0 Å². The number of carbonyl (C=O) groups is 3. The zero-order valence-corrected chi connectivity index (χ0v) is 22.8. The fourth-order valence-corrected chi connectivity index (χ4v) is 4.68. The van der Waals surface area contributed by atoms with Crippen molar-refractivity contribution in [2.45, 2.75) is 70.9 Å². The van der Waals surface area contributed by atoms with E-state index in [1.807, 2.05) is 39.0 Å². The number of imide groups is 1. The largest absolute Gasteiger partial charge is 0.465 e. The number of imidazole rings is 1. The number of fused-ring (bicyclic) bond motifs is 1. The molecule has 0 spiro atoms. The average Bonchev–Trinajstić information content (AvgIpc) is 3.08. The summed E-state index contributed by atoms with van der Waals surface area (Å²) in [7, 11) is 1.69. The summed E-state index contributed by atoms with van der Waals surface area (Å²) >= 11 is 0. The lowest BCUT2D eigenvalue weighted by Crippen LogP contribution is -2.45. The molecule has 1 aliphatic rings. The maximum Gasteiger partial charge on any atom is 0.407 e. The summed E-state index contributed by atoms with van der Waals surface area (Å²) in [5, 5.41) is 11.6. The molecule has 2 heterocycles. The minimum Gasteiger partial charge on any atom is -0.465 e. The number of benzene rings is 1. The van der Waals surface area contributed by atoms with Crippen molar-refractivity contribution in [3.05, 3.63) is 34.2 Å². The molecule has 210 valence electrons. The van der Waals surface area contributed by atoms with Gasteiger partial charge in [0.05, 0.1) is 11.0 Å². The first-order valence-electron chi connectivity index (χ1n) is 13.2.